The molecule has 174 valence electrons. The first-order valence-electron chi connectivity index (χ1n) is 10.5. The maximum absolute atomic E-state index is 13.6. The van der Waals surface area contributed by atoms with E-state index in [2.05, 4.69) is 9.08 Å². The molecule has 1 saturated carbocycles. The van der Waals surface area contributed by atoms with Gasteiger partial charge in [0.2, 0.25) is 10.0 Å². The smallest absolute Gasteiger partial charge is 0.324 e. The monoisotopic (exact) mass is 470 g/mol. The molecular weight excluding hydrogens is 436 g/mol. The van der Waals surface area contributed by atoms with Crippen LogP contribution in [0, 0.1) is 5.92 Å². The van der Waals surface area contributed by atoms with Gasteiger partial charge in [-0.15, -0.1) is 0 Å². The zero-order valence-electron chi connectivity index (χ0n) is 19.0. The Morgan fingerprint density at radius 1 is 1.23 bits per heavy atom. The van der Waals surface area contributed by atoms with Crippen LogP contribution in [0.3, 0.4) is 0 Å². The van der Waals surface area contributed by atoms with Crippen molar-refractivity contribution in [2.24, 2.45) is 10.3 Å². The Balaban J connectivity index is 2.54. The van der Waals surface area contributed by atoms with Crippen LogP contribution in [0.5, 0.6) is 0 Å². The van der Waals surface area contributed by atoms with E-state index < -0.39 is 42.4 Å². The molecule has 1 unspecified atom stereocenters. The summed E-state index contributed by atoms with van der Waals surface area (Å²) in [7, 11) is -5.15. The lowest BCUT2D eigenvalue weighted by Crippen LogP contribution is -2.52. The maximum atomic E-state index is 13.6. The van der Waals surface area contributed by atoms with Crippen LogP contribution in [-0.4, -0.2) is 43.0 Å². The van der Waals surface area contributed by atoms with Crippen molar-refractivity contribution in [2.75, 3.05) is 13.7 Å². The van der Waals surface area contributed by atoms with Crippen LogP contribution in [0.1, 0.15) is 53.4 Å². The summed E-state index contributed by atoms with van der Waals surface area (Å²) in [4.78, 5) is 13.4. The van der Waals surface area contributed by atoms with Gasteiger partial charge in [-0.05, 0) is 59.1 Å². The molecule has 1 fully saturated rings. The van der Waals surface area contributed by atoms with Crippen LogP contribution in [-0.2, 0) is 29.3 Å². The molecule has 0 spiro atoms. The second-order valence-corrected chi connectivity index (χ2v) is 13.2. The largest absolute Gasteiger partial charge is 0.465 e. The van der Waals surface area contributed by atoms with Crippen molar-refractivity contribution in [3.05, 3.63) is 41.3 Å². The Bertz CT molecular complexity index is 1020. The number of ether oxygens (including phenoxy) is 1. The van der Waals surface area contributed by atoms with Gasteiger partial charge in [0.1, 0.15) is 6.04 Å². The molecule has 2 rings (SSSR count). The van der Waals surface area contributed by atoms with Gasteiger partial charge in [0.05, 0.1) is 26.0 Å². The fourth-order valence-corrected chi connectivity index (χ4v) is 6.16. The van der Waals surface area contributed by atoms with Crippen LogP contribution in [0.25, 0.3) is 0 Å². The molecule has 7 nitrogen and oxygen atoms in total. The standard InChI is InChI=1S/C22H34N2O5S2/c1-6-29-21(25)20(24-31(27,28)22(2,3)4)19-15-11-10-12-17(19)16-30(26,23-5)18-13-8-7-9-14-18/h7-9,13-14,16,19-20,24H,6,10-12,15H2,1-5H3/b17-16-/t19-,20+,30?/m0/s1. The number of nitrogens with zero attached hydrogens (tertiary/aromatic N) is 1. The Morgan fingerprint density at radius 2 is 1.87 bits per heavy atom. The Hall–Kier alpha value is -1.71. The fourth-order valence-electron chi connectivity index (χ4n) is 3.51. The molecule has 0 aliphatic heterocycles. The third-order valence-electron chi connectivity index (χ3n) is 5.40. The van der Waals surface area contributed by atoms with E-state index >= 15 is 0 Å². The van der Waals surface area contributed by atoms with E-state index in [0.29, 0.717) is 17.7 Å². The van der Waals surface area contributed by atoms with E-state index in [4.69, 9.17) is 4.74 Å². The first kappa shape index (κ1) is 25.5. The normalized spacial score (nSPS) is 21.8. The van der Waals surface area contributed by atoms with Crippen molar-refractivity contribution in [1.29, 1.82) is 0 Å². The van der Waals surface area contributed by atoms with Crippen molar-refractivity contribution >= 4 is 25.7 Å². The molecule has 0 bridgehead atoms. The highest BCUT2D eigenvalue weighted by molar-refractivity contribution is 7.96. The third-order valence-corrected chi connectivity index (χ3v) is 9.69. The molecule has 1 N–H and O–H groups in total. The van der Waals surface area contributed by atoms with Crippen molar-refractivity contribution in [3.63, 3.8) is 0 Å². The van der Waals surface area contributed by atoms with E-state index in [0.717, 1.165) is 18.4 Å². The Morgan fingerprint density at radius 3 is 2.42 bits per heavy atom. The predicted molar refractivity (Wildman–Crippen MR) is 123 cm³/mol. The molecule has 0 saturated heterocycles. The van der Waals surface area contributed by atoms with Crippen molar-refractivity contribution in [1.82, 2.24) is 4.72 Å². The number of esters is 1. The lowest BCUT2D eigenvalue weighted by Gasteiger charge is -2.33. The number of rotatable bonds is 7. The van der Waals surface area contributed by atoms with Crippen LogP contribution in [0.2, 0.25) is 0 Å². The maximum Gasteiger partial charge on any atom is 0.324 e. The first-order valence-corrected chi connectivity index (χ1v) is 13.6. The highest BCUT2D eigenvalue weighted by Gasteiger charge is 2.40. The summed E-state index contributed by atoms with van der Waals surface area (Å²) < 4.78 is 50.3. The Kier molecular flexibility index (Phi) is 8.47. The number of hydrogen-bond acceptors (Lipinski definition) is 6. The van der Waals surface area contributed by atoms with Crippen molar-refractivity contribution in [3.8, 4) is 0 Å². The molecule has 0 amide bonds. The summed E-state index contributed by atoms with van der Waals surface area (Å²) >= 11 is 0. The van der Waals surface area contributed by atoms with Crippen molar-refractivity contribution < 1.29 is 22.2 Å². The molecule has 0 aromatic heterocycles. The van der Waals surface area contributed by atoms with Gasteiger partial charge in [-0.25, -0.2) is 17.0 Å². The van der Waals surface area contributed by atoms with Crippen LogP contribution in [0.15, 0.2) is 50.6 Å². The van der Waals surface area contributed by atoms with Crippen molar-refractivity contribution in [2.45, 2.75) is 69.1 Å². The minimum atomic E-state index is -3.81. The first-order chi connectivity index (χ1) is 14.4. The van der Waals surface area contributed by atoms with Gasteiger partial charge in [-0.2, -0.15) is 4.72 Å². The SMILES string of the molecule is CCOC(=O)[C@H](NS(=O)(=O)C(C)(C)C)[C@H]1CCCC/C1=C/S(=O)(=NC)c1ccccc1. The molecule has 0 radical (unpaired) electrons. The number of nitrogens with one attached hydrogen (secondary N) is 1. The number of carbonyl (C=O) groups is 1. The number of carbonyl (C=O) groups excluding carboxylic acids is 1. The molecular formula is C22H34N2O5S2. The van der Waals surface area contributed by atoms with Crippen LogP contribution in [0.4, 0.5) is 0 Å². The quantitative estimate of drug-likeness (QED) is 0.610. The lowest BCUT2D eigenvalue weighted by molar-refractivity contribution is -0.146. The number of sulfonamides is 1. The van der Waals surface area contributed by atoms with Gasteiger partial charge in [-0.1, -0.05) is 30.2 Å². The number of benzene rings is 1. The van der Waals surface area contributed by atoms with E-state index in [-0.39, 0.29) is 6.61 Å². The van der Waals surface area contributed by atoms with Crippen LogP contribution >= 0.6 is 0 Å². The van der Waals surface area contributed by atoms with Crippen LogP contribution < -0.4 is 4.72 Å². The average molecular weight is 471 g/mol. The summed E-state index contributed by atoms with van der Waals surface area (Å²) in [6.45, 7) is 6.56. The summed E-state index contributed by atoms with van der Waals surface area (Å²) in [5.74, 6) is -1.07. The summed E-state index contributed by atoms with van der Waals surface area (Å²) in [6, 6.07) is 7.89. The van der Waals surface area contributed by atoms with Gasteiger partial charge in [0, 0.05) is 18.4 Å². The van der Waals surface area contributed by atoms with Gasteiger partial charge < -0.3 is 4.74 Å². The lowest BCUT2D eigenvalue weighted by atomic mass is 9.80. The van der Waals surface area contributed by atoms with E-state index in [1.807, 2.05) is 6.07 Å². The summed E-state index contributed by atoms with van der Waals surface area (Å²) in [6.07, 6.45) is 2.93. The van der Waals surface area contributed by atoms with Gasteiger partial charge in [0.25, 0.3) is 0 Å². The molecule has 1 aromatic carbocycles. The molecule has 1 aliphatic carbocycles. The molecule has 1 aromatic rings. The average Bonchev–Trinajstić information content (AvgIpc) is 2.72. The summed E-state index contributed by atoms with van der Waals surface area (Å²) in [5.41, 5.74) is 0.778. The molecule has 0 heterocycles. The minimum Gasteiger partial charge on any atom is -0.465 e. The van der Waals surface area contributed by atoms with Gasteiger partial charge in [-0.3, -0.25) is 4.79 Å². The van der Waals surface area contributed by atoms with E-state index in [1.54, 1.807) is 57.4 Å². The molecule has 9 heteroatoms. The summed E-state index contributed by atoms with van der Waals surface area (Å²) in [5, 5.41) is 1.64. The predicted octanol–water partition coefficient (Wildman–Crippen LogP) is 3.87. The topological polar surface area (TPSA) is 102 Å². The molecule has 31 heavy (non-hydrogen) atoms. The second kappa shape index (κ2) is 10.3. The highest BCUT2D eigenvalue weighted by Crippen LogP contribution is 2.35. The molecule has 1 aliphatic rings. The highest BCUT2D eigenvalue weighted by atomic mass is 32.2. The van der Waals surface area contributed by atoms with Gasteiger partial charge in [0.15, 0.2) is 0 Å². The fraction of sp³-hybridized carbons (Fsp3) is 0.591. The number of hydrogen-bond donors (Lipinski definition) is 1. The van der Waals surface area contributed by atoms with Gasteiger partial charge >= 0.3 is 5.97 Å². The zero-order chi connectivity index (χ0) is 23.3. The van der Waals surface area contributed by atoms with E-state index in [1.165, 1.54) is 7.05 Å². The Labute approximate surface area is 186 Å². The molecule has 3 atom stereocenters. The third kappa shape index (κ3) is 6.17. The second-order valence-electron chi connectivity index (χ2n) is 8.57. The zero-order valence-corrected chi connectivity index (χ0v) is 20.6. The minimum absolute atomic E-state index is 0.142. The van der Waals surface area contributed by atoms with E-state index in [9.17, 15) is 17.4 Å².